The van der Waals surface area contributed by atoms with Crippen molar-refractivity contribution in [3.63, 3.8) is 0 Å². The van der Waals surface area contributed by atoms with E-state index in [2.05, 4.69) is 19.1 Å². The third kappa shape index (κ3) is 3.43. The fraction of sp³-hybridized carbons (Fsp3) is 0.278. The topological polar surface area (TPSA) is 35.5 Å². The van der Waals surface area contributed by atoms with Crippen molar-refractivity contribution in [2.45, 2.75) is 19.3 Å². The van der Waals surface area contributed by atoms with Gasteiger partial charge in [-0.2, -0.15) is 0 Å². The van der Waals surface area contributed by atoms with E-state index in [1.165, 1.54) is 5.56 Å². The molecular weight excluding hydrogens is 264 g/mol. The van der Waals surface area contributed by atoms with Crippen LogP contribution >= 0.6 is 0 Å². The molecule has 0 amide bonds. The number of aldehydes is 1. The molecule has 2 aromatic carbocycles. The average molecular weight is 284 g/mol. The van der Waals surface area contributed by atoms with Gasteiger partial charge in [-0.3, -0.25) is 4.79 Å². The highest BCUT2D eigenvalue weighted by Gasteiger charge is 2.16. The molecule has 0 saturated heterocycles. The summed E-state index contributed by atoms with van der Waals surface area (Å²) >= 11 is 0. The van der Waals surface area contributed by atoms with Crippen molar-refractivity contribution in [2.24, 2.45) is 0 Å². The lowest BCUT2D eigenvalue weighted by Crippen LogP contribution is -2.04. The van der Waals surface area contributed by atoms with Crippen LogP contribution in [-0.2, 0) is 6.42 Å². The van der Waals surface area contributed by atoms with Crippen molar-refractivity contribution >= 4 is 6.29 Å². The summed E-state index contributed by atoms with van der Waals surface area (Å²) in [5, 5.41) is 0. The van der Waals surface area contributed by atoms with E-state index in [1.54, 1.807) is 20.3 Å². The highest BCUT2D eigenvalue weighted by Crippen LogP contribution is 2.34. The summed E-state index contributed by atoms with van der Waals surface area (Å²) in [5.74, 6) is 1.45. The van der Waals surface area contributed by atoms with E-state index >= 15 is 0 Å². The van der Waals surface area contributed by atoms with Gasteiger partial charge in [-0.15, -0.1) is 0 Å². The van der Waals surface area contributed by atoms with Crippen LogP contribution in [0, 0.1) is 0 Å². The molecular formula is C18H20O3. The van der Waals surface area contributed by atoms with E-state index in [0.717, 1.165) is 18.3 Å². The molecule has 0 bridgehead atoms. The van der Waals surface area contributed by atoms with E-state index in [4.69, 9.17) is 9.47 Å². The van der Waals surface area contributed by atoms with Gasteiger partial charge in [-0.25, -0.2) is 0 Å². The lowest BCUT2D eigenvalue weighted by molar-refractivity contribution is 0.112. The zero-order valence-electron chi connectivity index (χ0n) is 12.6. The van der Waals surface area contributed by atoms with Crippen LogP contribution in [0.15, 0.2) is 42.5 Å². The van der Waals surface area contributed by atoms with Gasteiger partial charge in [0.25, 0.3) is 0 Å². The predicted octanol–water partition coefficient (Wildman–Crippen LogP) is 3.86. The van der Waals surface area contributed by atoms with Crippen molar-refractivity contribution in [3.05, 3.63) is 59.2 Å². The monoisotopic (exact) mass is 284 g/mol. The van der Waals surface area contributed by atoms with Crippen LogP contribution in [-0.4, -0.2) is 20.5 Å². The summed E-state index contributed by atoms with van der Waals surface area (Å²) in [6.07, 6.45) is 1.75. The van der Waals surface area contributed by atoms with E-state index in [9.17, 15) is 4.79 Å². The maximum Gasteiger partial charge on any atom is 0.161 e. The normalized spacial score (nSPS) is 11.8. The summed E-state index contributed by atoms with van der Waals surface area (Å²) in [5.41, 5.74) is 2.87. The molecule has 0 N–H and O–H groups in total. The van der Waals surface area contributed by atoms with Crippen molar-refractivity contribution < 1.29 is 14.3 Å². The molecule has 0 heterocycles. The highest BCUT2D eigenvalue weighted by molar-refractivity contribution is 5.79. The minimum absolute atomic E-state index is 0.215. The molecule has 1 atom stereocenters. The third-order valence-corrected chi connectivity index (χ3v) is 3.63. The summed E-state index contributed by atoms with van der Waals surface area (Å²) in [7, 11) is 3.17. The molecule has 2 aromatic rings. The Balaban J connectivity index is 2.35. The van der Waals surface area contributed by atoms with Crippen molar-refractivity contribution in [2.75, 3.05) is 14.2 Å². The molecule has 110 valence electrons. The lowest BCUT2D eigenvalue weighted by atomic mass is 9.90. The fourth-order valence-electron chi connectivity index (χ4n) is 2.52. The van der Waals surface area contributed by atoms with Crippen molar-refractivity contribution in [1.82, 2.24) is 0 Å². The molecule has 2 rings (SSSR count). The standard InChI is InChI=1S/C18H20O3/c1-13(9-14-7-5-4-6-8-14)16-11-18(21-3)17(20-2)10-15(16)12-19/h4-8,10-13H,9H2,1-3H3/t13-/m0/s1. The molecule has 21 heavy (non-hydrogen) atoms. The van der Waals surface area contributed by atoms with Gasteiger partial charge < -0.3 is 9.47 Å². The summed E-state index contributed by atoms with van der Waals surface area (Å²) in [6, 6.07) is 13.9. The zero-order valence-corrected chi connectivity index (χ0v) is 12.6. The number of carbonyl (C=O) groups excluding carboxylic acids is 1. The van der Waals surface area contributed by atoms with Crippen LogP contribution in [0.5, 0.6) is 11.5 Å². The Kier molecular flexibility index (Phi) is 4.99. The van der Waals surface area contributed by atoms with Gasteiger partial charge in [-0.1, -0.05) is 37.3 Å². The minimum Gasteiger partial charge on any atom is -0.493 e. The molecule has 3 nitrogen and oxygen atoms in total. The van der Waals surface area contributed by atoms with E-state index in [1.807, 2.05) is 24.3 Å². The van der Waals surface area contributed by atoms with Crippen molar-refractivity contribution in [1.29, 1.82) is 0 Å². The van der Waals surface area contributed by atoms with Gasteiger partial charge in [0.05, 0.1) is 14.2 Å². The van der Waals surface area contributed by atoms with Crippen LogP contribution in [0.25, 0.3) is 0 Å². The number of rotatable bonds is 6. The lowest BCUT2D eigenvalue weighted by Gasteiger charge is -2.17. The Labute approximate surface area is 125 Å². The van der Waals surface area contributed by atoms with Gasteiger partial charge >= 0.3 is 0 Å². The van der Waals surface area contributed by atoms with E-state index in [-0.39, 0.29) is 5.92 Å². The number of methoxy groups -OCH3 is 2. The first kappa shape index (κ1) is 15.1. The molecule has 0 aliphatic rings. The molecule has 0 aliphatic carbocycles. The molecule has 3 heteroatoms. The maximum absolute atomic E-state index is 11.4. The van der Waals surface area contributed by atoms with E-state index in [0.29, 0.717) is 17.1 Å². The summed E-state index contributed by atoms with van der Waals surface area (Å²) < 4.78 is 10.6. The number of benzene rings is 2. The fourth-order valence-corrected chi connectivity index (χ4v) is 2.52. The van der Waals surface area contributed by atoms with E-state index < -0.39 is 0 Å². The first-order chi connectivity index (χ1) is 10.2. The Bertz CT molecular complexity index is 605. The first-order valence-corrected chi connectivity index (χ1v) is 6.94. The van der Waals surface area contributed by atoms with Gasteiger partial charge in [0, 0.05) is 5.56 Å². The van der Waals surface area contributed by atoms with Crippen LogP contribution in [0.2, 0.25) is 0 Å². The first-order valence-electron chi connectivity index (χ1n) is 6.94. The summed E-state index contributed by atoms with van der Waals surface area (Å²) in [6.45, 7) is 2.11. The quantitative estimate of drug-likeness (QED) is 0.756. The SMILES string of the molecule is COc1cc(C=O)c([C@@H](C)Cc2ccccc2)cc1OC. The molecule has 0 spiro atoms. The largest absolute Gasteiger partial charge is 0.493 e. The number of hydrogen-bond acceptors (Lipinski definition) is 3. The zero-order chi connectivity index (χ0) is 15.2. The molecule has 0 fully saturated rings. The van der Waals surface area contributed by atoms with Gasteiger partial charge in [0.1, 0.15) is 6.29 Å². The summed E-state index contributed by atoms with van der Waals surface area (Å²) in [4.78, 5) is 11.4. The molecule has 0 radical (unpaired) electrons. The van der Waals surface area contributed by atoms with Crippen molar-refractivity contribution in [3.8, 4) is 11.5 Å². The van der Waals surface area contributed by atoms with Gasteiger partial charge in [0.15, 0.2) is 11.5 Å². The average Bonchev–Trinajstić information content (AvgIpc) is 2.54. The second kappa shape index (κ2) is 6.93. The Morgan fingerprint density at radius 2 is 1.67 bits per heavy atom. The Hall–Kier alpha value is -2.29. The Morgan fingerprint density at radius 3 is 2.24 bits per heavy atom. The molecule has 0 unspecified atom stereocenters. The number of carbonyl (C=O) groups is 1. The number of ether oxygens (including phenoxy) is 2. The second-order valence-corrected chi connectivity index (χ2v) is 5.04. The van der Waals surface area contributed by atoms with Crippen LogP contribution in [0.3, 0.4) is 0 Å². The predicted molar refractivity (Wildman–Crippen MR) is 83.5 cm³/mol. The van der Waals surface area contributed by atoms with Crippen LogP contribution in [0.4, 0.5) is 0 Å². The molecule has 0 saturated carbocycles. The maximum atomic E-state index is 11.4. The van der Waals surface area contributed by atoms with Gasteiger partial charge in [0.2, 0.25) is 0 Å². The minimum atomic E-state index is 0.215. The van der Waals surface area contributed by atoms with Gasteiger partial charge in [-0.05, 0) is 35.6 Å². The third-order valence-electron chi connectivity index (χ3n) is 3.63. The molecule has 0 aliphatic heterocycles. The second-order valence-electron chi connectivity index (χ2n) is 5.04. The number of hydrogen-bond donors (Lipinski definition) is 0. The van der Waals surface area contributed by atoms with Crippen LogP contribution < -0.4 is 9.47 Å². The highest BCUT2D eigenvalue weighted by atomic mass is 16.5. The Morgan fingerprint density at radius 1 is 1.05 bits per heavy atom. The van der Waals surface area contributed by atoms with Crippen LogP contribution in [0.1, 0.15) is 34.3 Å². The molecule has 0 aromatic heterocycles. The smallest absolute Gasteiger partial charge is 0.161 e.